The normalized spacial score (nSPS) is 9.94. The van der Waals surface area contributed by atoms with E-state index < -0.39 is 5.76 Å². The smallest absolute Gasteiger partial charge is 0.295 e. The number of terminal acetylenes is 1. The lowest BCUT2D eigenvalue weighted by molar-refractivity contribution is 0.376. The Balaban J connectivity index is 2.43. The monoisotopic (exact) mass is 216 g/mol. The van der Waals surface area contributed by atoms with Crippen molar-refractivity contribution in [2.24, 2.45) is 0 Å². The van der Waals surface area contributed by atoms with Gasteiger partial charge in [-0.05, 0) is 6.07 Å². The Morgan fingerprint density at radius 1 is 1.44 bits per heavy atom. The fourth-order valence-corrected chi connectivity index (χ4v) is 1.22. The molecule has 0 aliphatic carbocycles. The summed E-state index contributed by atoms with van der Waals surface area (Å²) in [5, 5.41) is 3.62. The van der Waals surface area contributed by atoms with Crippen LogP contribution in [0.3, 0.4) is 0 Å². The minimum Gasteiger partial charge on any atom is -0.295 e. The molecule has 0 spiro atoms. The van der Waals surface area contributed by atoms with Crippen LogP contribution in [0.1, 0.15) is 6.42 Å². The van der Waals surface area contributed by atoms with Gasteiger partial charge in [0.15, 0.2) is 5.82 Å². The number of rotatable bonds is 3. The van der Waals surface area contributed by atoms with Crippen LogP contribution in [0.2, 0.25) is 0 Å². The lowest BCUT2D eigenvalue weighted by Gasteiger charge is -1.99. The Morgan fingerprint density at radius 2 is 2.19 bits per heavy atom. The van der Waals surface area contributed by atoms with Gasteiger partial charge in [-0.3, -0.25) is 9.09 Å². The molecule has 6 heteroatoms. The second-order valence-corrected chi connectivity index (χ2v) is 2.95. The lowest BCUT2D eigenvalue weighted by Crippen LogP contribution is -2.15. The van der Waals surface area contributed by atoms with Crippen molar-refractivity contribution in [2.45, 2.75) is 13.0 Å². The topological polar surface area (TPSA) is 73.8 Å². The van der Waals surface area contributed by atoms with Crippen LogP contribution in [-0.4, -0.2) is 19.7 Å². The summed E-state index contributed by atoms with van der Waals surface area (Å²) in [6.45, 7) is 0.340. The minimum atomic E-state index is -0.558. The summed E-state index contributed by atoms with van der Waals surface area (Å²) in [5.74, 6) is 2.51. The molecule has 16 heavy (non-hydrogen) atoms. The van der Waals surface area contributed by atoms with Crippen LogP contribution in [0, 0.1) is 12.3 Å². The Kier molecular flexibility index (Phi) is 2.78. The van der Waals surface area contributed by atoms with Crippen LogP contribution in [0.4, 0.5) is 0 Å². The molecule has 2 aromatic rings. The predicted molar refractivity (Wildman–Crippen MR) is 55.2 cm³/mol. The molecule has 6 nitrogen and oxygen atoms in total. The summed E-state index contributed by atoms with van der Waals surface area (Å²) in [6, 6.07) is 1.67. The highest BCUT2D eigenvalue weighted by atomic mass is 16.5. The quantitative estimate of drug-likeness (QED) is 0.690. The van der Waals surface area contributed by atoms with Crippen molar-refractivity contribution in [3.05, 3.63) is 29.0 Å². The zero-order valence-corrected chi connectivity index (χ0v) is 8.33. The molecule has 0 radical (unpaired) electrons. The average Bonchev–Trinajstić information content (AvgIpc) is 2.69. The van der Waals surface area contributed by atoms with Gasteiger partial charge in [0.1, 0.15) is 0 Å². The molecule has 0 bridgehead atoms. The van der Waals surface area contributed by atoms with Gasteiger partial charge in [0.2, 0.25) is 5.82 Å². The fourth-order valence-electron chi connectivity index (χ4n) is 1.22. The lowest BCUT2D eigenvalue weighted by atomic mass is 10.4. The van der Waals surface area contributed by atoms with E-state index in [1.165, 1.54) is 4.57 Å². The highest BCUT2D eigenvalue weighted by Crippen LogP contribution is 2.08. The summed E-state index contributed by atoms with van der Waals surface area (Å²) in [5.41, 5.74) is 0. The van der Waals surface area contributed by atoms with E-state index in [2.05, 4.69) is 25.6 Å². The van der Waals surface area contributed by atoms with E-state index in [0.717, 1.165) is 0 Å². The maximum Gasteiger partial charge on any atom is 0.441 e. The summed E-state index contributed by atoms with van der Waals surface area (Å²) in [4.78, 5) is 19.3. The molecule has 0 aliphatic rings. The molecular formula is C10H8N4O2. The molecule has 0 saturated carbocycles. The van der Waals surface area contributed by atoms with Gasteiger partial charge in [0.25, 0.3) is 0 Å². The van der Waals surface area contributed by atoms with Crippen LogP contribution in [0.25, 0.3) is 11.6 Å². The van der Waals surface area contributed by atoms with Crippen molar-refractivity contribution in [1.29, 1.82) is 0 Å². The summed E-state index contributed by atoms with van der Waals surface area (Å²) in [7, 11) is 0. The van der Waals surface area contributed by atoms with Crippen molar-refractivity contribution < 1.29 is 4.52 Å². The first kappa shape index (κ1) is 10.1. The summed E-state index contributed by atoms with van der Waals surface area (Å²) in [6.07, 6.45) is 8.68. The second kappa shape index (κ2) is 4.40. The van der Waals surface area contributed by atoms with Gasteiger partial charge >= 0.3 is 5.76 Å². The number of hydrogen-bond acceptors (Lipinski definition) is 5. The highest BCUT2D eigenvalue weighted by molar-refractivity contribution is 5.41. The first-order chi connectivity index (χ1) is 7.83. The van der Waals surface area contributed by atoms with Crippen molar-refractivity contribution in [3.63, 3.8) is 0 Å². The van der Waals surface area contributed by atoms with E-state index in [1.807, 2.05) is 0 Å². The van der Waals surface area contributed by atoms with Crippen LogP contribution in [-0.2, 0) is 6.54 Å². The van der Waals surface area contributed by atoms with Gasteiger partial charge in [-0.15, -0.1) is 12.3 Å². The van der Waals surface area contributed by atoms with E-state index in [0.29, 0.717) is 24.6 Å². The molecule has 2 heterocycles. The van der Waals surface area contributed by atoms with E-state index in [4.69, 9.17) is 6.42 Å². The zero-order valence-electron chi connectivity index (χ0n) is 8.33. The Labute approximate surface area is 90.9 Å². The highest BCUT2D eigenvalue weighted by Gasteiger charge is 2.13. The third-order valence-electron chi connectivity index (χ3n) is 1.93. The van der Waals surface area contributed by atoms with Crippen molar-refractivity contribution in [3.8, 4) is 24.0 Å². The molecule has 80 valence electrons. The Morgan fingerprint density at radius 3 is 2.88 bits per heavy atom. The molecule has 0 unspecified atom stereocenters. The Hall–Kier alpha value is -2.42. The van der Waals surface area contributed by atoms with Crippen LogP contribution in [0.5, 0.6) is 0 Å². The SMILES string of the molecule is C#CCCn1c(-c2ncccn2)noc1=O. The van der Waals surface area contributed by atoms with Crippen molar-refractivity contribution in [1.82, 2.24) is 19.7 Å². The van der Waals surface area contributed by atoms with Crippen molar-refractivity contribution in [2.75, 3.05) is 0 Å². The van der Waals surface area contributed by atoms with Gasteiger partial charge in [-0.1, -0.05) is 5.16 Å². The minimum absolute atomic E-state index is 0.292. The first-order valence-electron chi connectivity index (χ1n) is 4.60. The third-order valence-corrected chi connectivity index (χ3v) is 1.93. The third kappa shape index (κ3) is 1.83. The maximum absolute atomic E-state index is 11.3. The number of aromatic nitrogens is 4. The van der Waals surface area contributed by atoms with Crippen LogP contribution in [0.15, 0.2) is 27.8 Å². The van der Waals surface area contributed by atoms with Gasteiger partial charge in [-0.25, -0.2) is 14.8 Å². The van der Waals surface area contributed by atoms with Crippen LogP contribution < -0.4 is 5.76 Å². The molecule has 2 rings (SSSR count). The molecule has 0 saturated heterocycles. The molecule has 0 amide bonds. The summed E-state index contributed by atoms with van der Waals surface area (Å²) < 4.78 is 5.87. The predicted octanol–water partition coefficient (Wildman–Crippen LogP) is 0.317. The number of hydrogen-bond donors (Lipinski definition) is 0. The summed E-state index contributed by atoms with van der Waals surface area (Å²) >= 11 is 0. The molecule has 0 N–H and O–H groups in total. The largest absolute Gasteiger partial charge is 0.441 e. The van der Waals surface area contributed by atoms with Gasteiger partial charge < -0.3 is 0 Å². The maximum atomic E-state index is 11.3. The fraction of sp³-hybridized carbons (Fsp3) is 0.200. The van der Waals surface area contributed by atoms with Crippen molar-refractivity contribution >= 4 is 0 Å². The Bertz CT molecular complexity index is 564. The van der Waals surface area contributed by atoms with Gasteiger partial charge in [0, 0.05) is 25.4 Å². The standard InChI is InChI=1S/C10H8N4O2/c1-2-3-7-14-9(13-16-10(14)15)8-11-5-4-6-12-8/h1,4-6H,3,7H2. The molecule has 0 fully saturated rings. The van der Waals surface area contributed by atoms with Gasteiger partial charge in [0.05, 0.1) is 0 Å². The first-order valence-corrected chi connectivity index (χ1v) is 4.60. The molecular weight excluding hydrogens is 208 g/mol. The van der Waals surface area contributed by atoms with E-state index in [9.17, 15) is 4.79 Å². The number of nitrogens with zero attached hydrogens (tertiary/aromatic N) is 4. The van der Waals surface area contributed by atoms with E-state index in [-0.39, 0.29) is 0 Å². The average molecular weight is 216 g/mol. The molecule has 2 aromatic heterocycles. The van der Waals surface area contributed by atoms with E-state index in [1.54, 1.807) is 18.5 Å². The van der Waals surface area contributed by atoms with Crippen LogP contribution >= 0.6 is 0 Å². The molecule has 0 aromatic carbocycles. The second-order valence-electron chi connectivity index (χ2n) is 2.95. The van der Waals surface area contributed by atoms with Gasteiger partial charge in [-0.2, -0.15) is 0 Å². The zero-order chi connectivity index (χ0) is 11.4. The molecule has 0 aliphatic heterocycles. The van der Waals surface area contributed by atoms with E-state index >= 15 is 0 Å². The molecule has 0 atom stereocenters.